The molecule has 0 unspecified atom stereocenters. The number of hydrogen-bond donors (Lipinski definition) is 2. The van der Waals surface area contributed by atoms with Gasteiger partial charge in [-0.3, -0.25) is 9.69 Å². The molecule has 0 atom stereocenters. The molecule has 33 heavy (non-hydrogen) atoms. The van der Waals surface area contributed by atoms with Crippen LogP contribution in [0.5, 0.6) is 0 Å². The average Bonchev–Trinajstić information content (AvgIpc) is 3.45. The fraction of sp³-hybridized carbons (Fsp3) is 0.364. The molecule has 3 N–H and O–H groups in total. The second kappa shape index (κ2) is 10.6. The summed E-state index contributed by atoms with van der Waals surface area (Å²) in [5, 5.41) is 19.6. The maximum absolute atomic E-state index is 12.9. The maximum Gasteiger partial charge on any atom is 0.293 e. The van der Waals surface area contributed by atoms with E-state index in [-0.39, 0.29) is 17.3 Å². The minimum atomic E-state index is -0.479. The van der Waals surface area contributed by atoms with Crippen molar-refractivity contribution in [1.29, 1.82) is 0 Å². The first-order chi connectivity index (χ1) is 16.1. The second-order valence-corrected chi connectivity index (χ2v) is 7.97. The Morgan fingerprint density at radius 2 is 2.06 bits per heavy atom. The quantitative estimate of drug-likeness (QED) is 0.395. The van der Waals surface area contributed by atoms with Crippen LogP contribution in [-0.4, -0.2) is 55.4 Å². The van der Waals surface area contributed by atoms with Gasteiger partial charge in [0.1, 0.15) is 0 Å². The Balaban J connectivity index is 1.51. The Kier molecular flexibility index (Phi) is 7.20. The summed E-state index contributed by atoms with van der Waals surface area (Å²) in [7, 11) is 2.03. The van der Waals surface area contributed by atoms with Crippen molar-refractivity contribution in [1.82, 2.24) is 35.6 Å². The topological polar surface area (TPSA) is 140 Å². The summed E-state index contributed by atoms with van der Waals surface area (Å²) in [4.78, 5) is 15.1. The minimum Gasteiger partial charge on any atom is -0.378 e. The van der Waals surface area contributed by atoms with Crippen molar-refractivity contribution in [3.8, 4) is 5.82 Å². The molecule has 1 aromatic carbocycles. The van der Waals surface area contributed by atoms with E-state index in [4.69, 9.17) is 10.4 Å². The minimum absolute atomic E-state index is 0.0671. The number of nitrogen functional groups attached to an aromatic ring is 1. The third-order valence-corrected chi connectivity index (χ3v) is 5.69. The van der Waals surface area contributed by atoms with Crippen LogP contribution in [-0.2, 0) is 6.54 Å². The number of hydrazone groups is 1. The van der Waals surface area contributed by atoms with Crippen molar-refractivity contribution in [2.24, 2.45) is 5.10 Å². The third-order valence-electron chi connectivity index (χ3n) is 5.69. The molecule has 1 aliphatic rings. The van der Waals surface area contributed by atoms with Gasteiger partial charge >= 0.3 is 0 Å². The SMILES string of the molecule is CN(Cc1c(C(=O)NN=CC=Cc2ccccc2)nnn1-c1nonc1N)C1CCCCC1. The van der Waals surface area contributed by atoms with Gasteiger partial charge in [-0.1, -0.05) is 60.9 Å². The fourth-order valence-corrected chi connectivity index (χ4v) is 3.93. The van der Waals surface area contributed by atoms with Crippen LogP contribution in [0.15, 0.2) is 46.1 Å². The first-order valence-corrected chi connectivity index (χ1v) is 10.9. The lowest BCUT2D eigenvalue weighted by molar-refractivity contribution is 0.0947. The molecule has 0 bridgehead atoms. The highest BCUT2D eigenvalue weighted by Crippen LogP contribution is 2.24. The Morgan fingerprint density at radius 3 is 2.79 bits per heavy atom. The summed E-state index contributed by atoms with van der Waals surface area (Å²) >= 11 is 0. The van der Waals surface area contributed by atoms with E-state index in [0.29, 0.717) is 18.3 Å². The lowest BCUT2D eigenvalue weighted by Gasteiger charge is -2.31. The molecular formula is C22H27N9O2. The van der Waals surface area contributed by atoms with E-state index >= 15 is 0 Å². The number of nitrogens with two attached hydrogens (primary N) is 1. The van der Waals surface area contributed by atoms with Gasteiger partial charge in [0, 0.05) is 18.8 Å². The summed E-state index contributed by atoms with van der Waals surface area (Å²) < 4.78 is 6.12. The van der Waals surface area contributed by atoms with Gasteiger partial charge in [-0.25, -0.2) is 10.1 Å². The van der Waals surface area contributed by atoms with E-state index in [2.05, 4.69) is 36.1 Å². The number of carbonyl (C=O) groups is 1. The van der Waals surface area contributed by atoms with E-state index in [1.54, 1.807) is 6.08 Å². The van der Waals surface area contributed by atoms with E-state index < -0.39 is 5.91 Å². The van der Waals surface area contributed by atoms with Gasteiger partial charge in [0.25, 0.3) is 5.91 Å². The monoisotopic (exact) mass is 449 g/mol. The summed E-state index contributed by atoms with van der Waals surface area (Å²) in [6.45, 7) is 0.435. The number of allylic oxidation sites excluding steroid dienone is 1. The van der Waals surface area contributed by atoms with Crippen LogP contribution < -0.4 is 11.2 Å². The zero-order valence-electron chi connectivity index (χ0n) is 18.5. The molecule has 11 heteroatoms. The van der Waals surface area contributed by atoms with E-state index in [1.807, 2.05) is 43.5 Å². The van der Waals surface area contributed by atoms with Gasteiger partial charge < -0.3 is 5.73 Å². The molecule has 1 amide bonds. The number of rotatable bonds is 8. The van der Waals surface area contributed by atoms with Gasteiger partial charge in [-0.15, -0.1) is 5.10 Å². The highest BCUT2D eigenvalue weighted by Gasteiger charge is 2.27. The molecule has 172 valence electrons. The standard InChI is InChI=1S/C22H27N9O2/c1-30(17-12-6-3-7-13-17)15-18-19(25-29-31(18)21-20(23)27-33-28-21)22(32)26-24-14-8-11-16-9-4-2-5-10-16/h2,4-5,8-11,14,17H,3,6-7,12-13,15H2,1H3,(H2,23,27)(H,26,32). The number of nitrogens with one attached hydrogen (secondary N) is 1. The Labute approximate surface area is 191 Å². The first kappa shape index (κ1) is 22.3. The van der Waals surface area contributed by atoms with Crippen molar-refractivity contribution < 1.29 is 9.42 Å². The zero-order valence-corrected chi connectivity index (χ0v) is 18.5. The predicted octanol–water partition coefficient (Wildman–Crippen LogP) is 2.43. The van der Waals surface area contributed by atoms with Crippen LogP contribution in [0.2, 0.25) is 0 Å². The highest BCUT2D eigenvalue weighted by atomic mass is 16.6. The summed E-state index contributed by atoms with van der Waals surface area (Å²) in [6.07, 6.45) is 11.0. The molecular weight excluding hydrogens is 422 g/mol. The largest absolute Gasteiger partial charge is 0.378 e. The summed E-state index contributed by atoms with van der Waals surface area (Å²) in [5.41, 5.74) is 10.1. The molecule has 0 saturated heterocycles. The lowest BCUT2D eigenvalue weighted by Crippen LogP contribution is -2.34. The highest BCUT2D eigenvalue weighted by molar-refractivity contribution is 5.94. The fourth-order valence-electron chi connectivity index (χ4n) is 3.93. The molecule has 1 saturated carbocycles. The maximum atomic E-state index is 12.9. The Morgan fingerprint density at radius 1 is 1.27 bits per heavy atom. The van der Waals surface area contributed by atoms with Crippen LogP contribution >= 0.6 is 0 Å². The van der Waals surface area contributed by atoms with Crippen molar-refractivity contribution in [2.45, 2.75) is 44.7 Å². The van der Waals surface area contributed by atoms with Crippen LogP contribution in [0, 0.1) is 0 Å². The molecule has 2 heterocycles. The van der Waals surface area contributed by atoms with E-state index in [0.717, 1.165) is 18.4 Å². The normalized spacial score (nSPS) is 15.1. The number of anilines is 1. The number of nitrogens with zero attached hydrogens (tertiary/aromatic N) is 7. The molecule has 1 aliphatic carbocycles. The van der Waals surface area contributed by atoms with Crippen molar-refractivity contribution >= 4 is 24.0 Å². The van der Waals surface area contributed by atoms with E-state index in [9.17, 15) is 4.79 Å². The smallest absolute Gasteiger partial charge is 0.293 e. The van der Waals surface area contributed by atoms with Crippen molar-refractivity contribution in [3.05, 3.63) is 53.4 Å². The third kappa shape index (κ3) is 5.50. The zero-order chi connectivity index (χ0) is 23.0. The van der Waals surface area contributed by atoms with Crippen LogP contribution in [0.25, 0.3) is 11.9 Å². The number of benzene rings is 1. The van der Waals surface area contributed by atoms with Gasteiger partial charge in [-0.05, 0) is 41.8 Å². The average molecular weight is 450 g/mol. The summed E-state index contributed by atoms with van der Waals surface area (Å²) in [6, 6.07) is 10.2. The van der Waals surface area contributed by atoms with Gasteiger partial charge in [0.2, 0.25) is 11.6 Å². The molecule has 0 radical (unpaired) electrons. The van der Waals surface area contributed by atoms with Crippen LogP contribution in [0.1, 0.15) is 53.8 Å². The summed E-state index contributed by atoms with van der Waals surface area (Å²) in [5.74, 6) is -0.215. The first-order valence-electron chi connectivity index (χ1n) is 10.9. The number of aromatic nitrogens is 5. The number of carbonyl (C=O) groups excluding carboxylic acids is 1. The van der Waals surface area contributed by atoms with Gasteiger partial charge in [0.05, 0.1) is 5.69 Å². The molecule has 0 aliphatic heterocycles. The number of hydrogen-bond acceptors (Lipinski definition) is 9. The second-order valence-electron chi connectivity index (χ2n) is 7.97. The lowest BCUT2D eigenvalue weighted by atomic mass is 9.94. The van der Waals surface area contributed by atoms with Crippen molar-refractivity contribution in [2.75, 3.05) is 12.8 Å². The number of amides is 1. The van der Waals surface area contributed by atoms with E-state index in [1.165, 1.54) is 30.2 Å². The molecule has 3 aromatic rings. The van der Waals surface area contributed by atoms with Crippen LogP contribution in [0.3, 0.4) is 0 Å². The molecule has 11 nitrogen and oxygen atoms in total. The molecule has 0 spiro atoms. The molecule has 4 rings (SSSR count). The van der Waals surface area contributed by atoms with Crippen LogP contribution in [0.4, 0.5) is 5.82 Å². The molecule has 1 fully saturated rings. The van der Waals surface area contributed by atoms with Crippen molar-refractivity contribution in [3.63, 3.8) is 0 Å². The predicted molar refractivity (Wildman–Crippen MR) is 123 cm³/mol. The van der Waals surface area contributed by atoms with Gasteiger partial charge in [0.15, 0.2) is 5.69 Å². The molecule has 2 aromatic heterocycles. The Hall–Kier alpha value is -3.86. The van der Waals surface area contributed by atoms with Gasteiger partial charge in [-0.2, -0.15) is 9.78 Å². The Bertz CT molecular complexity index is 1110.